The minimum Gasteiger partial charge on any atom is -0.481 e. The van der Waals surface area contributed by atoms with Gasteiger partial charge < -0.3 is 14.4 Å². The molecule has 0 N–H and O–H groups in total. The van der Waals surface area contributed by atoms with Crippen molar-refractivity contribution in [3.05, 3.63) is 66.5 Å². The first-order valence-corrected chi connectivity index (χ1v) is 10.3. The molecule has 1 aliphatic rings. The number of nitrogens with zero attached hydrogens (tertiary/aromatic N) is 3. The Bertz CT molecular complexity index is 1060. The molecule has 0 aliphatic carbocycles. The van der Waals surface area contributed by atoms with Gasteiger partial charge in [0.25, 0.3) is 0 Å². The molecule has 0 bridgehead atoms. The van der Waals surface area contributed by atoms with E-state index < -0.39 is 5.97 Å². The number of aromatic nitrogens is 1. The summed E-state index contributed by atoms with van der Waals surface area (Å²) < 4.78 is 10.2. The molecule has 0 radical (unpaired) electrons. The summed E-state index contributed by atoms with van der Waals surface area (Å²) in [7, 11) is 1.32. The van der Waals surface area contributed by atoms with Gasteiger partial charge in [-0.3, -0.25) is 14.7 Å². The van der Waals surface area contributed by atoms with Crippen molar-refractivity contribution in [3.8, 4) is 5.75 Å². The number of fused-ring (bicyclic) bond motifs is 1. The topological polar surface area (TPSA) is 72.0 Å². The van der Waals surface area contributed by atoms with Gasteiger partial charge in [-0.1, -0.05) is 24.3 Å². The summed E-state index contributed by atoms with van der Waals surface area (Å²) in [6, 6.07) is 15.1. The predicted octanol–water partition coefficient (Wildman–Crippen LogP) is 2.79. The van der Waals surface area contributed by atoms with E-state index in [9.17, 15) is 9.59 Å². The molecule has 0 spiro atoms. The van der Waals surface area contributed by atoms with E-state index in [2.05, 4.69) is 19.5 Å². The molecule has 160 valence electrons. The van der Waals surface area contributed by atoms with Crippen LogP contribution in [0.4, 0.5) is 5.69 Å². The van der Waals surface area contributed by atoms with Crippen molar-refractivity contribution in [2.24, 2.45) is 0 Å². The van der Waals surface area contributed by atoms with Gasteiger partial charge in [0.1, 0.15) is 5.75 Å². The zero-order valence-electron chi connectivity index (χ0n) is 17.5. The van der Waals surface area contributed by atoms with Crippen molar-refractivity contribution in [2.75, 3.05) is 51.3 Å². The van der Waals surface area contributed by atoms with Crippen LogP contribution in [-0.2, 0) is 9.53 Å². The average molecular weight is 419 g/mol. The van der Waals surface area contributed by atoms with Crippen LogP contribution >= 0.6 is 0 Å². The number of ketones is 1. The maximum absolute atomic E-state index is 13.1. The van der Waals surface area contributed by atoms with Gasteiger partial charge in [0.05, 0.1) is 13.7 Å². The Hall–Kier alpha value is -3.45. The number of rotatable bonds is 7. The van der Waals surface area contributed by atoms with Crippen molar-refractivity contribution >= 4 is 28.2 Å². The smallest absolute Gasteiger partial charge is 0.343 e. The van der Waals surface area contributed by atoms with Gasteiger partial charge in [0.15, 0.2) is 12.4 Å². The first-order valence-electron chi connectivity index (χ1n) is 10.3. The first kappa shape index (κ1) is 20.8. The molecule has 4 rings (SSSR count). The number of pyridine rings is 1. The van der Waals surface area contributed by atoms with Crippen LogP contribution in [0.2, 0.25) is 0 Å². The van der Waals surface area contributed by atoms with Crippen molar-refractivity contribution in [2.45, 2.75) is 0 Å². The molecule has 0 amide bonds. The van der Waals surface area contributed by atoms with Crippen LogP contribution in [0, 0.1) is 0 Å². The second kappa shape index (κ2) is 9.57. The highest BCUT2D eigenvalue weighted by atomic mass is 16.6. The van der Waals surface area contributed by atoms with Gasteiger partial charge in [-0.2, -0.15) is 0 Å². The number of hydrogen-bond donors (Lipinski definition) is 0. The number of carbonyl (C=O) groups excluding carboxylic acids is 2. The molecule has 0 atom stereocenters. The zero-order valence-corrected chi connectivity index (χ0v) is 17.5. The Morgan fingerprint density at radius 2 is 1.65 bits per heavy atom. The Balaban J connectivity index is 1.44. The third-order valence-electron chi connectivity index (χ3n) is 5.53. The second-order valence-electron chi connectivity index (χ2n) is 7.41. The van der Waals surface area contributed by atoms with Crippen LogP contribution in [0.25, 0.3) is 10.8 Å². The Labute approximate surface area is 181 Å². The van der Waals surface area contributed by atoms with Gasteiger partial charge in [0, 0.05) is 55.2 Å². The van der Waals surface area contributed by atoms with E-state index in [1.54, 1.807) is 24.5 Å². The Kier molecular flexibility index (Phi) is 6.43. The lowest BCUT2D eigenvalue weighted by atomic mass is 10.00. The summed E-state index contributed by atoms with van der Waals surface area (Å²) in [5.74, 6) is 0.187. The van der Waals surface area contributed by atoms with Gasteiger partial charge in [0.2, 0.25) is 0 Å². The van der Waals surface area contributed by atoms with Crippen molar-refractivity contribution in [3.63, 3.8) is 0 Å². The minimum absolute atomic E-state index is 0.0769. The average Bonchev–Trinajstić information content (AvgIpc) is 2.83. The number of Topliss-reactive ketones (excluding diaryl/α,β-unsaturated/α-hetero) is 1. The molecule has 0 unspecified atom stereocenters. The standard InChI is InChI=1S/C24H25N3O4/c1-30-24(29)17-31-23-7-6-20(19-4-2-3-5-21(19)23)22(28)16-26-12-14-27(15-13-26)18-8-10-25-11-9-18/h2-11H,12-17H2,1H3. The summed E-state index contributed by atoms with van der Waals surface area (Å²) in [5.41, 5.74) is 1.83. The molecule has 7 heteroatoms. The van der Waals surface area contributed by atoms with E-state index in [1.807, 2.05) is 36.4 Å². The predicted molar refractivity (Wildman–Crippen MR) is 119 cm³/mol. The number of carbonyl (C=O) groups is 2. The van der Waals surface area contributed by atoms with Crippen LogP contribution in [0.1, 0.15) is 10.4 Å². The fourth-order valence-corrected chi connectivity index (χ4v) is 3.84. The van der Waals surface area contributed by atoms with Crippen LogP contribution in [0.15, 0.2) is 60.9 Å². The number of ether oxygens (including phenoxy) is 2. The van der Waals surface area contributed by atoms with E-state index in [0.717, 1.165) is 42.6 Å². The fourth-order valence-electron chi connectivity index (χ4n) is 3.84. The lowest BCUT2D eigenvalue weighted by Crippen LogP contribution is -2.48. The lowest BCUT2D eigenvalue weighted by molar-refractivity contribution is -0.142. The zero-order chi connectivity index (χ0) is 21.6. The molecule has 31 heavy (non-hydrogen) atoms. The molecule has 1 aliphatic heterocycles. The molecule has 0 saturated carbocycles. The molecule has 2 aromatic carbocycles. The number of benzene rings is 2. The molecule has 7 nitrogen and oxygen atoms in total. The van der Waals surface area contributed by atoms with Crippen LogP contribution in [0.5, 0.6) is 5.75 Å². The highest BCUT2D eigenvalue weighted by Crippen LogP contribution is 2.29. The van der Waals surface area contributed by atoms with E-state index in [0.29, 0.717) is 17.9 Å². The molecular weight excluding hydrogens is 394 g/mol. The van der Waals surface area contributed by atoms with Gasteiger partial charge in [-0.25, -0.2) is 4.79 Å². The highest BCUT2D eigenvalue weighted by Gasteiger charge is 2.21. The van der Waals surface area contributed by atoms with Gasteiger partial charge in [-0.15, -0.1) is 0 Å². The molecular formula is C24H25N3O4. The first-order chi connectivity index (χ1) is 15.2. The molecule has 3 aromatic rings. The quantitative estimate of drug-likeness (QED) is 0.431. The molecule has 1 fully saturated rings. The highest BCUT2D eigenvalue weighted by molar-refractivity contribution is 6.10. The van der Waals surface area contributed by atoms with E-state index in [1.165, 1.54) is 7.11 Å². The van der Waals surface area contributed by atoms with Crippen LogP contribution in [-0.4, -0.2) is 68.1 Å². The van der Waals surface area contributed by atoms with Crippen molar-refractivity contribution < 1.29 is 19.1 Å². The summed E-state index contributed by atoms with van der Waals surface area (Å²) in [6.45, 7) is 3.60. The second-order valence-corrected chi connectivity index (χ2v) is 7.41. The normalized spacial score (nSPS) is 14.4. The summed E-state index contributed by atoms with van der Waals surface area (Å²) in [5, 5.41) is 1.63. The largest absolute Gasteiger partial charge is 0.481 e. The minimum atomic E-state index is -0.449. The number of anilines is 1. The molecule has 2 heterocycles. The lowest BCUT2D eigenvalue weighted by Gasteiger charge is -2.35. The summed E-state index contributed by atoms with van der Waals surface area (Å²) >= 11 is 0. The van der Waals surface area contributed by atoms with Gasteiger partial charge in [-0.05, 0) is 29.7 Å². The number of hydrogen-bond acceptors (Lipinski definition) is 7. The van der Waals surface area contributed by atoms with Crippen LogP contribution in [0.3, 0.4) is 0 Å². The number of methoxy groups -OCH3 is 1. The fraction of sp³-hybridized carbons (Fsp3) is 0.292. The molecule has 1 aromatic heterocycles. The van der Waals surface area contributed by atoms with E-state index in [4.69, 9.17) is 4.74 Å². The molecule has 1 saturated heterocycles. The maximum atomic E-state index is 13.1. The summed E-state index contributed by atoms with van der Waals surface area (Å²) in [4.78, 5) is 33.1. The van der Waals surface area contributed by atoms with E-state index in [-0.39, 0.29) is 12.4 Å². The third-order valence-corrected chi connectivity index (χ3v) is 5.53. The van der Waals surface area contributed by atoms with Crippen LogP contribution < -0.4 is 9.64 Å². The number of esters is 1. The Morgan fingerprint density at radius 3 is 2.35 bits per heavy atom. The third kappa shape index (κ3) is 4.83. The number of piperazine rings is 1. The summed E-state index contributed by atoms with van der Waals surface area (Å²) in [6.07, 6.45) is 3.60. The van der Waals surface area contributed by atoms with Gasteiger partial charge >= 0.3 is 5.97 Å². The maximum Gasteiger partial charge on any atom is 0.343 e. The van der Waals surface area contributed by atoms with Crippen molar-refractivity contribution in [1.29, 1.82) is 0 Å². The Morgan fingerprint density at radius 1 is 0.935 bits per heavy atom. The SMILES string of the molecule is COC(=O)COc1ccc(C(=O)CN2CCN(c3ccncc3)CC2)c2ccccc12. The van der Waals surface area contributed by atoms with Crippen molar-refractivity contribution in [1.82, 2.24) is 9.88 Å². The monoisotopic (exact) mass is 419 g/mol. The van der Waals surface area contributed by atoms with E-state index >= 15 is 0 Å².